The van der Waals surface area contributed by atoms with Crippen LogP contribution in [0.4, 0.5) is 5.82 Å². The summed E-state index contributed by atoms with van der Waals surface area (Å²) in [5.74, 6) is 2.51. The molecule has 0 saturated carbocycles. The number of hydrogen-bond acceptors (Lipinski definition) is 7. The van der Waals surface area contributed by atoms with E-state index in [4.69, 9.17) is 9.15 Å². The molecule has 3 aromatic rings. The zero-order chi connectivity index (χ0) is 22.1. The van der Waals surface area contributed by atoms with Crippen molar-refractivity contribution < 1.29 is 13.9 Å². The lowest BCUT2D eigenvalue weighted by atomic mass is 10.2. The van der Waals surface area contributed by atoms with E-state index >= 15 is 0 Å². The maximum atomic E-state index is 12.8. The van der Waals surface area contributed by atoms with Crippen molar-refractivity contribution in [2.45, 2.75) is 46.8 Å². The van der Waals surface area contributed by atoms with Crippen LogP contribution >= 0.6 is 0 Å². The van der Waals surface area contributed by atoms with Gasteiger partial charge in [0.1, 0.15) is 11.6 Å². The zero-order valence-corrected chi connectivity index (χ0v) is 18.5. The SMILES string of the molecule is Cc1cc(C)n(-c2cc(NC(=O)CN3CC(C)OC(C)C3)nc(-c3ccc(C)o3)n2)n1. The van der Waals surface area contributed by atoms with Crippen LogP contribution < -0.4 is 5.32 Å². The average molecular weight is 425 g/mol. The number of amides is 1. The summed E-state index contributed by atoms with van der Waals surface area (Å²) in [6.45, 7) is 11.5. The van der Waals surface area contributed by atoms with Gasteiger partial charge in [0.2, 0.25) is 5.91 Å². The molecule has 1 aliphatic heterocycles. The number of anilines is 1. The number of nitrogens with one attached hydrogen (secondary N) is 1. The monoisotopic (exact) mass is 424 g/mol. The third-order valence-corrected chi connectivity index (χ3v) is 5.03. The lowest BCUT2D eigenvalue weighted by Gasteiger charge is -2.34. The third kappa shape index (κ3) is 5.00. The van der Waals surface area contributed by atoms with Gasteiger partial charge in [-0.1, -0.05) is 0 Å². The summed E-state index contributed by atoms with van der Waals surface area (Å²) in [6, 6.07) is 7.37. The van der Waals surface area contributed by atoms with Crippen LogP contribution in [0.3, 0.4) is 0 Å². The summed E-state index contributed by atoms with van der Waals surface area (Å²) in [5, 5.41) is 7.43. The summed E-state index contributed by atoms with van der Waals surface area (Å²) in [6.07, 6.45) is 0.198. The van der Waals surface area contributed by atoms with E-state index in [9.17, 15) is 4.79 Å². The molecular formula is C22H28N6O3. The minimum absolute atomic E-state index is 0.0991. The standard InChI is InChI=1S/C22H28N6O3/c1-13-8-14(2)28(26-13)20-9-19(24-22(25-20)18-7-6-15(3)31-18)23-21(29)12-27-10-16(4)30-17(5)11-27/h6-9,16-17H,10-12H2,1-5H3,(H,23,24,25,29). The Morgan fingerprint density at radius 3 is 2.48 bits per heavy atom. The van der Waals surface area contributed by atoms with Gasteiger partial charge in [-0.2, -0.15) is 5.10 Å². The molecule has 9 nitrogen and oxygen atoms in total. The molecule has 2 atom stereocenters. The molecule has 0 radical (unpaired) electrons. The van der Waals surface area contributed by atoms with Gasteiger partial charge in [0.05, 0.1) is 24.4 Å². The lowest BCUT2D eigenvalue weighted by molar-refractivity contribution is -0.121. The topological polar surface area (TPSA) is 98.3 Å². The lowest BCUT2D eigenvalue weighted by Crippen LogP contribution is -2.48. The molecule has 4 rings (SSSR count). The van der Waals surface area contributed by atoms with E-state index in [-0.39, 0.29) is 24.7 Å². The second-order valence-corrected chi connectivity index (χ2v) is 8.18. The van der Waals surface area contributed by atoms with Gasteiger partial charge >= 0.3 is 0 Å². The van der Waals surface area contributed by atoms with Crippen molar-refractivity contribution in [3.05, 3.63) is 41.4 Å². The smallest absolute Gasteiger partial charge is 0.239 e. The molecule has 31 heavy (non-hydrogen) atoms. The quantitative estimate of drug-likeness (QED) is 0.672. The average Bonchev–Trinajstić information content (AvgIpc) is 3.25. The number of nitrogens with zero attached hydrogens (tertiary/aromatic N) is 5. The van der Waals surface area contributed by atoms with E-state index in [2.05, 4.69) is 25.3 Å². The van der Waals surface area contributed by atoms with E-state index in [1.165, 1.54) is 0 Å². The van der Waals surface area contributed by atoms with Crippen LogP contribution in [0.2, 0.25) is 0 Å². The molecule has 1 N–H and O–H groups in total. The van der Waals surface area contributed by atoms with Gasteiger partial charge in [-0.15, -0.1) is 0 Å². The van der Waals surface area contributed by atoms with Gasteiger partial charge in [-0.25, -0.2) is 14.6 Å². The van der Waals surface area contributed by atoms with E-state index in [0.717, 1.165) is 30.2 Å². The maximum Gasteiger partial charge on any atom is 0.239 e. The fraction of sp³-hybridized carbons (Fsp3) is 0.455. The van der Waals surface area contributed by atoms with Crippen LogP contribution in [0.1, 0.15) is 31.0 Å². The molecular weight excluding hydrogens is 396 g/mol. The van der Waals surface area contributed by atoms with Crippen molar-refractivity contribution in [2.24, 2.45) is 0 Å². The van der Waals surface area contributed by atoms with Crippen LogP contribution in [-0.4, -0.2) is 62.4 Å². The highest BCUT2D eigenvalue weighted by atomic mass is 16.5. The number of ether oxygens (including phenoxy) is 1. The van der Waals surface area contributed by atoms with Crippen molar-refractivity contribution in [3.63, 3.8) is 0 Å². The fourth-order valence-corrected chi connectivity index (χ4v) is 3.93. The summed E-state index contributed by atoms with van der Waals surface area (Å²) in [5.41, 5.74) is 1.82. The van der Waals surface area contributed by atoms with E-state index in [0.29, 0.717) is 23.2 Å². The molecule has 1 aliphatic rings. The van der Waals surface area contributed by atoms with Crippen LogP contribution in [0, 0.1) is 20.8 Å². The van der Waals surface area contributed by atoms with Crippen LogP contribution in [-0.2, 0) is 9.53 Å². The maximum absolute atomic E-state index is 12.8. The number of rotatable bonds is 5. The first-order valence-electron chi connectivity index (χ1n) is 10.4. The minimum atomic E-state index is -0.138. The highest BCUT2D eigenvalue weighted by molar-refractivity contribution is 5.91. The van der Waals surface area contributed by atoms with Crippen LogP contribution in [0.25, 0.3) is 17.4 Å². The Labute approximate surface area is 181 Å². The fourth-order valence-electron chi connectivity index (χ4n) is 3.93. The van der Waals surface area contributed by atoms with Gasteiger partial charge in [0, 0.05) is 24.8 Å². The molecule has 0 aromatic carbocycles. The summed E-state index contributed by atoms with van der Waals surface area (Å²) in [4.78, 5) is 24.0. The second-order valence-electron chi connectivity index (χ2n) is 8.18. The Bertz CT molecular complexity index is 1080. The Kier molecular flexibility index (Phi) is 5.88. The van der Waals surface area contributed by atoms with Crippen molar-refractivity contribution in [2.75, 3.05) is 25.0 Å². The minimum Gasteiger partial charge on any atom is -0.458 e. The van der Waals surface area contributed by atoms with Crippen molar-refractivity contribution in [1.29, 1.82) is 0 Å². The van der Waals surface area contributed by atoms with Gasteiger partial charge < -0.3 is 14.5 Å². The van der Waals surface area contributed by atoms with Crippen LogP contribution in [0.15, 0.2) is 28.7 Å². The molecule has 3 aromatic heterocycles. The van der Waals surface area contributed by atoms with Gasteiger partial charge in [0.15, 0.2) is 17.4 Å². The predicted molar refractivity (Wildman–Crippen MR) is 116 cm³/mol. The first kappa shape index (κ1) is 21.2. The molecule has 1 amide bonds. The predicted octanol–water partition coefficient (Wildman–Crippen LogP) is 2.90. The largest absolute Gasteiger partial charge is 0.458 e. The molecule has 0 bridgehead atoms. The zero-order valence-electron chi connectivity index (χ0n) is 18.5. The normalized spacial score (nSPS) is 19.5. The third-order valence-electron chi connectivity index (χ3n) is 5.03. The number of hydrogen-bond donors (Lipinski definition) is 1. The highest BCUT2D eigenvalue weighted by Crippen LogP contribution is 2.23. The number of carbonyl (C=O) groups excluding carboxylic acids is 1. The first-order chi connectivity index (χ1) is 14.8. The first-order valence-corrected chi connectivity index (χ1v) is 10.4. The van der Waals surface area contributed by atoms with Gasteiger partial charge in [0.25, 0.3) is 0 Å². The van der Waals surface area contributed by atoms with E-state index in [1.807, 2.05) is 52.8 Å². The molecule has 164 valence electrons. The number of aryl methyl sites for hydroxylation is 3. The summed E-state index contributed by atoms with van der Waals surface area (Å²) < 4.78 is 13.2. The molecule has 1 fully saturated rings. The Hall–Kier alpha value is -3.04. The molecule has 4 heterocycles. The second kappa shape index (κ2) is 8.60. The molecule has 2 unspecified atom stereocenters. The number of morpholine rings is 1. The number of aromatic nitrogens is 4. The Balaban J connectivity index is 1.61. The molecule has 0 aliphatic carbocycles. The van der Waals surface area contributed by atoms with Crippen molar-refractivity contribution in [1.82, 2.24) is 24.6 Å². The van der Waals surface area contributed by atoms with Gasteiger partial charge in [-0.05, 0) is 52.8 Å². The van der Waals surface area contributed by atoms with Crippen molar-refractivity contribution in [3.8, 4) is 17.4 Å². The summed E-state index contributed by atoms with van der Waals surface area (Å²) >= 11 is 0. The number of carbonyl (C=O) groups is 1. The Morgan fingerprint density at radius 1 is 1.13 bits per heavy atom. The highest BCUT2D eigenvalue weighted by Gasteiger charge is 2.24. The Morgan fingerprint density at radius 2 is 1.87 bits per heavy atom. The summed E-state index contributed by atoms with van der Waals surface area (Å²) in [7, 11) is 0. The van der Waals surface area contributed by atoms with Crippen molar-refractivity contribution >= 4 is 11.7 Å². The van der Waals surface area contributed by atoms with Gasteiger partial charge in [-0.3, -0.25) is 9.69 Å². The molecule has 9 heteroatoms. The van der Waals surface area contributed by atoms with E-state index in [1.54, 1.807) is 10.7 Å². The molecule has 1 saturated heterocycles. The van der Waals surface area contributed by atoms with Crippen LogP contribution in [0.5, 0.6) is 0 Å². The molecule has 0 spiro atoms. The number of furan rings is 1. The van der Waals surface area contributed by atoms with E-state index < -0.39 is 0 Å².